The van der Waals surface area contributed by atoms with E-state index in [0.717, 1.165) is 292 Å². The van der Waals surface area contributed by atoms with Crippen molar-refractivity contribution in [1.82, 2.24) is 0 Å². The van der Waals surface area contributed by atoms with Crippen LogP contribution in [0, 0.1) is 0 Å². The molecule has 14 nitrogen and oxygen atoms in total. The molecule has 0 aromatic rings. The predicted octanol–water partition coefficient (Wildman–Crippen LogP) is 23.3. The minimum atomic E-state index is -0.334. The van der Waals surface area contributed by atoms with Gasteiger partial charge in [-0.15, -0.1) is 0 Å². The third-order valence-corrected chi connectivity index (χ3v) is 19.0. The monoisotopic (exact) mass is 1440 g/mol. The molecule has 0 aliphatic carbocycles. The van der Waals surface area contributed by atoms with Crippen LogP contribution in [0.2, 0.25) is 0 Å². The SMILES string of the molecule is CCCCCCC(C/C=C/CCCCCCCC(=O)OCCC[N+](C)(C)C)OC(=O)CCCCCCC/C=C/CC(CCCCCC)OC(=O)CCC(=O)OC(C/C=C/CCCCCCCC(=O)OC(C/C=C/CCCCCCCC(=O)OCCC[N+](C)(C)C)CCCCCC)CCCCCC. The van der Waals surface area contributed by atoms with Crippen LogP contribution in [0.5, 0.6) is 0 Å². The molecule has 0 aliphatic heterocycles. The number of carbonyl (C=O) groups excluding carboxylic acids is 6. The summed E-state index contributed by atoms with van der Waals surface area (Å²) >= 11 is 0. The summed E-state index contributed by atoms with van der Waals surface area (Å²) < 4.78 is 36.7. The van der Waals surface area contributed by atoms with Crippen LogP contribution >= 0.6 is 0 Å². The lowest BCUT2D eigenvalue weighted by molar-refractivity contribution is -0.870. The fraction of sp³-hybridized carbons (Fsp3) is 0.841. The number of hydrogen-bond donors (Lipinski definition) is 0. The minimum absolute atomic E-state index is 0.0210. The number of hydrogen-bond acceptors (Lipinski definition) is 12. The van der Waals surface area contributed by atoms with Crippen LogP contribution in [0.3, 0.4) is 0 Å². The summed E-state index contributed by atoms with van der Waals surface area (Å²) in [7, 11) is 12.9. The van der Waals surface area contributed by atoms with Crippen LogP contribution in [0.25, 0.3) is 0 Å². The Hall–Kier alpha value is -4.30. The number of carbonyl (C=O) groups is 6. The first-order valence-electron chi connectivity index (χ1n) is 42.6. The molecule has 0 N–H and O–H groups in total. The molecular weight excluding hydrogens is 1280 g/mol. The van der Waals surface area contributed by atoms with Gasteiger partial charge in [-0.25, -0.2) is 0 Å². The Kier molecular flexibility index (Phi) is 68.0. The maximum Gasteiger partial charge on any atom is 0.306 e. The summed E-state index contributed by atoms with van der Waals surface area (Å²) in [6, 6.07) is 0. The number of quaternary nitrogens is 2. The van der Waals surface area contributed by atoms with Gasteiger partial charge in [0.25, 0.3) is 0 Å². The van der Waals surface area contributed by atoms with Crippen LogP contribution < -0.4 is 0 Å². The second kappa shape index (κ2) is 71.0. The van der Waals surface area contributed by atoms with E-state index in [-0.39, 0.29) is 73.1 Å². The summed E-state index contributed by atoms with van der Waals surface area (Å²) in [5, 5.41) is 0. The van der Waals surface area contributed by atoms with Crippen LogP contribution in [0.1, 0.15) is 387 Å². The molecule has 102 heavy (non-hydrogen) atoms. The van der Waals surface area contributed by atoms with Crippen molar-refractivity contribution < 1.29 is 66.2 Å². The van der Waals surface area contributed by atoms with Crippen LogP contribution in [0.4, 0.5) is 0 Å². The molecule has 0 aromatic carbocycles. The fourth-order valence-corrected chi connectivity index (χ4v) is 12.6. The van der Waals surface area contributed by atoms with E-state index in [4.69, 9.17) is 28.4 Å². The molecule has 0 amide bonds. The average molecular weight is 1440 g/mol. The molecule has 0 saturated carbocycles. The van der Waals surface area contributed by atoms with Gasteiger partial charge in [-0.3, -0.25) is 28.8 Å². The van der Waals surface area contributed by atoms with Gasteiger partial charge in [0.15, 0.2) is 0 Å². The third kappa shape index (κ3) is 72.6. The maximum atomic E-state index is 13.2. The second-order valence-electron chi connectivity index (χ2n) is 31.6. The highest BCUT2D eigenvalue weighted by Crippen LogP contribution is 2.21. The Balaban J connectivity index is 4.71. The zero-order valence-electron chi connectivity index (χ0n) is 68.1. The van der Waals surface area contributed by atoms with E-state index < -0.39 is 0 Å². The van der Waals surface area contributed by atoms with E-state index in [1.165, 1.54) is 38.5 Å². The van der Waals surface area contributed by atoms with E-state index in [1.807, 2.05) is 0 Å². The van der Waals surface area contributed by atoms with Gasteiger partial charge >= 0.3 is 35.8 Å². The normalized spacial score (nSPS) is 13.3. The molecule has 0 spiro atoms. The van der Waals surface area contributed by atoms with Gasteiger partial charge in [-0.2, -0.15) is 0 Å². The number of allylic oxidation sites excluding steroid dienone is 4. The quantitative estimate of drug-likeness (QED) is 0.0187. The zero-order chi connectivity index (χ0) is 75.1. The number of unbranched alkanes of at least 4 members (excludes halogenated alkanes) is 32. The molecule has 14 heteroatoms. The van der Waals surface area contributed by atoms with Crippen molar-refractivity contribution in [2.45, 2.75) is 412 Å². The second-order valence-corrected chi connectivity index (χ2v) is 31.6. The molecule has 0 radical (unpaired) electrons. The summed E-state index contributed by atoms with van der Waals surface area (Å²) in [4.78, 5) is 76.4. The van der Waals surface area contributed by atoms with Crippen molar-refractivity contribution in [1.29, 1.82) is 0 Å². The van der Waals surface area contributed by atoms with Crippen molar-refractivity contribution >= 4 is 35.8 Å². The van der Waals surface area contributed by atoms with Gasteiger partial charge in [-0.1, -0.05) is 230 Å². The van der Waals surface area contributed by atoms with E-state index in [1.54, 1.807) is 0 Å². The van der Waals surface area contributed by atoms with Crippen molar-refractivity contribution in [3.63, 3.8) is 0 Å². The van der Waals surface area contributed by atoms with Gasteiger partial charge in [0.05, 0.1) is 81.4 Å². The van der Waals surface area contributed by atoms with Gasteiger partial charge in [0.2, 0.25) is 0 Å². The molecule has 594 valence electrons. The third-order valence-electron chi connectivity index (χ3n) is 19.0. The summed E-state index contributed by atoms with van der Waals surface area (Å²) in [6.45, 7) is 11.9. The summed E-state index contributed by atoms with van der Waals surface area (Å²) in [6.07, 6.45) is 70.4. The highest BCUT2D eigenvalue weighted by atomic mass is 16.6. The zero-order valence-corrected chi connectivity index (χ0v) is 68.1. The summed E-state index contributed by atoms with van der Waals surface area (Å²) in [5.74, 6) is -0.950. The predicted molar refractivity (Wildman–Crippen MR) is 425 cm³/mol. The first-order chi connectivity index (χ1) is 49.3. The molecule has 0 rings (SSSR count). The van der Waals surface area contributed by atoms with Crippen molar-refractivity contribution in [3.8, 4) is 0 Å². The Labute approximate surface area is 627 Å². The lowest BCUT2D eigenvalue weighted by atomic mass is 10.0. The Morgan fingerprint density at radius 2 is 0.461 bits per heavy atom. The number of esters is 6. The Bertz CT molecular complexity index is 1960. The van der Waals surface area contributed by atoms with E-state index in [2.05, 4.69) is 119 Å². The molecule has 4 atom stereocenters. The van der Waals surface area contributed by atoms with Gasteiger partial charge < -0.3 is 37.4 Å². The van der Waals surface area contributed by atoms with Crippen molar-refractivity contribution in [2.24, 2.45) is 0 Å². The highest BCUT2D eigenvalue weighted by molar-refractivity contribution is 5.78. The minimum Gasteiger partial charge on any atom is -0.465 e. The highest BCUT2D eigenvalue weighted by Gasteiger charge is 2.20. The van der Waals surface area contributed by atoms with Gasteiger partial charge in [-0.05, 0) is 128 Å². The smallest absolute Gasteiger partial charge is 0.306 e. The lowest BCUT2D eigenvalue weighted by Gasteiger charge is -2.23. The number of nitrogens with zero attached hydrogens (tertiary/aromatic N) is 2. The first-order valence-corrected chi connectivity index (χ1v) is 42.6. The molecule has 0 fully saturated rings. The average Bonchev–Trinajstić information content (AvgIpc) is 1.90. The maximum absolute atomic E-state index is 13.2. The fourth-order valence-electron chi connectivity index (χ4n) is 12.6. The van der Waals surface area contributed by atoms with E-state index in [9.17, 15) is 28.8 Å². The Morgan fingerprint density at radius 3 is 0.706 bits per heavy atom. The van der Waals surface area contributed by atoms with Crippen molar-refractivity contribution in [2.75, 3.05) is 68.6 Å². The molecule has 0 heterocycles. The molecule has 0 saturated heterocycles. The molecule has 0 aromatic heterocycles. The lowest BCUT2D eigenvalue weighted by Crippen LogP contribution is -2.35. The van der Waals surface area contributed by atoms with Crippen LogP contribution in [-0.4, -0.2) is 138 Å². The van der Waals surface area contributed by atoms with Crippen LogP contribution in [-0.2, 0) is 57.2 Å². The first kappa shape index (κ1) is 97.7. The van der Waals surface area contributed by atoms with E-state index >= 15 is 0 Å². The Morgan fingerprint density at radius 1 is 0.245 bits per heavy atom. The molecule has 0 bridgehead atoms. The van der Waals surface area contributed by atoms with Gasteiger partial charge in [0, 0.05) is 64.2 Å². The largest absolute Gasteiger partial charge is 0.465 e. The topological polar surface area (TPSA) is 158 Å². The molecule has 0 aliphatic rings. The molecule has 4 unspecified atom stereocenters. The van der Waals surface area contributed by atoms with Gasteiger partial charge in [0.1, 0.15) is 24.4 Å². The van der Waals surface area contributed by atoms with Crippen LogP contribution in [0.15, 0.2) is 48.6 Å². The number of rotatable bonds is 75. The molecular formula is C88H162N2O12+2. The summed E-state index contributed by atoms with van der Waals surface area (Å²) in [5.41, 5.74) is 0. The number of ether oxygens (including phenoxy) is 6. The standard InChI is InChI=1S/C88H162N2O12/c1-11-15-19-47-61-79(65-51-39-31-23-27-35-43-55-69-83(91)97-77-59-75-89(5,6)7)99-85(93)71-57-45-37-29-25-33-41-53-67-81(63-49-21-17-13-3)101-87(95)73-74-88(96)102-82(64-50-22-18-14-4)68-54-42-34-26-30-38-46-58-72-86(94)100-80(62-48-20-16-12-2)66-52-40-32-24-28-36-44-56-70-84(92)98-78-60-76-90(8,9)10/h39-42,51-54,79-82H,11-38,43-50,55-78H2,1-10H3/q+2/b51-39+,52-40+,53-41+,54-42+. The van der Waals surface area contributed by atoms with E-state index in [0.29, 0.717) is 51.7 Å². The van der Waals surface area contributed by atoms with Crippen molar-refractivity contribution in [3.05, 3.63) is 48.6 Å².